The molecule has 4 rings (SSSR count). The monoisotopic (exact) mass is 371 g/mol. The Morgan fingerprint density at radius 1 is 1.04 bits per heavy atom. The first-order chi connectivity index (χ1) is 13.5. The molecular formula is C25H29N3. The van der Waals surface area contributed by atoms with Gasteiger partial charge in [-0.25, -0.2) is 0 Å². The zero-order valence-electron chi connectivity index (χ0n) is 17.2. The predicted octanol–water partition coefficient (Wildman–Crippen LogP) is 5.60. The third kappa shape index (κ3) is 3.57. The minimum Gasteiger partial charge on any atom is -0.379 e. The smallest absolute Gasteiger partial charge is 0.0455 e. The Morgan fingerprint density at radius 3 is 2.57 bits per heavy atom. The fraction of sp³-hybridized carbons (Fsp3) is 0.280. The highest BCUT2D eigenvalue weighted by Gasteiger charge is 2.16. The number of anilines is 2. The van der Waals surface area contributed by atoms with E-state index in [0.29, 0.717) is 6.04 Å². The molecule has 0 radical (unpaired) electrons. The zero-order valence-corrected chi connectivity index (χ0v) is 17.2. The Morgan fingerprint density at radius 2 is 1.82 bits per heavy atom. The van der Waals surface area contributed by atoms with Crippen molar-refractivity contribution in [3.63, 3.8) is 0 Å². The van der Waals surface area contributed by atoms with Gasteiger partial charge in [0.15, 0.2) is 0 Å². The van der Waals surface area contributed by atoms with Crippen molar-refractivity contribution in [2.45, 2.75) is 32.7 Å². The second kappa shape index (κ2) is 7.59. The van der Waals surface area contributed by atoms with Crippen molar-refractivity contribution < 1.29 is 0 Å². The molecule has 0 aliphatic carbocycles. The van der Waals surface area contributed by atoms with E-state index in [1.165, 1.54) is 39.6 Å². The van der Waals surface area contributed by atoms with Crippen molar-refractivity contribution >= 4 is 17.5 Å². The van der Waals surface area contributed by atoms with Crippen molar-refractivity contribution in [3.05, 3.63) is 83.2 Å². The molecule has 0 bridgehead atoms. The maximum Gasteiger partial charge on any atom is 0.0455 e. The lowest BCUT2D eigenvalue weighted by atomic mass is 9.96. The van der Waals surface area contributed by atoms with Crippen LogP contribution < -0.4 is 10.2 Å². The summed E-state index contributed by atoms with van der Waals surface area (Å²) in [5, 5.41) is 3.69. The van der Waals surface area contributed by atoms with Gasteiger partial charge in [-0.05, 0) is 74.2 Å². The molecule has 3 heteroatoms. The second-order valence-electron chi connectivity index (χ2n) is 7.88. The highest BCUT2D eigenvalue weighted by molar-refractivity contribution is 5.64. The van der Waals surface area contributed by atoms with Crippen LogP contribution >= 0.6 is 0 Å². The molecule has 1 aromatic heterocycles. The van der Waals surface area contributed by atoms with Gasteiger partial charge in [-0.3, -0.25) is 0 Å². The minimum absolute atomic E-state index is 0.373. The summed E-state index contributed by atoms with van der Waals surface area (Å²) in [6, 6.07) is 19.9. The zero-order chi connectivity index (χ0) is 19.7. The summed E-state index contributed by atoms with van der Waals surface area (Å²) in [6.07, 6.45) is 6.83. The first-order valence-electron chi connectivity index (χ1n) is 10.0. The van der Waals surface area contributed by atoms with Gasteiger partial charge in [-0.15, -0.1) is 0 Å². The number of aryl methyl sites for hydroxylation is 2. The third-order valence-electron chi connectivity index (χ3n) is 5.66. The number of nitrogens with zero attached hydrogens (tertiary/aromatic N) is 2. The van der Waals surface area contributed by atoms with Crippen molar-refractivity contribution in [2.24, 2.45) is 0 Å². The number of aromatic nitrogens is 1. The maximum atomic E-state index is 3.69. The maximum absolute atomic E-state index is 3.69. The van der Waals surface area contributed by atoms with Gasteiger partial charge in [0, 0.05) is 48.6 Å². The van der Waals surface area contributed by atoms with Crippen LogP contribution in [0.25, 0.3) is 11.8 Å². The Hall–Kier alpha value is -2.94. The van der Waals surface area contributed by atoms with E-state index >= 15 is 0 Å². The number of para-hydroxylation sites is 1. The number of benzene rings is 2. The van der Waals surface area contributed by atoms with E-state index < -0.39 is 0 Å². The van der Waals surface area contributed by atoms with Crippen LogP contribution in [0, 0.1) is 13.8 Å². The van der Waals surface area contributed by atoms with Crippen LogP contribution in [-0.2, 0) is 6.42 Å². The minimum atomic E-state index is 0.373. The van der Waals surface area contributed by atoms with Crippen molar-refractivity contribution in [2.75, 3.05) is 24.3 Å². The van der Waals surface area contributed by atoms with Crippen molar-refractivity contribution in [1.82, 2.24) is 4.57 Å². The average molecular weight is 372 g/mol. The van der Waals surface area contributed by atoms with Crippen molar-refractivity contribution in [3.8, 4) is 5.69 Å². The first-order valence-corrected chi connectivity index (χ1v) is 10.0. The first kappa shape index (κ1) is 18.4. The van der Waals surface area contributed by atoms with Gasteiger partial charge in [-0.2, -0.15) is 0 Å². The summed E-state index contributed by atoms with van der Waals surface area (Å²) in [4.78, 5) is 2.16. The summed E-state index contributed by atoms with van der Waals surface area (Å²) in [5.41, 5.74) is 9.01. The Kier molecular flexibility index (Phi) is 4.99. The molecule has 1 atom stereocenters. The molecule has 2 heterocycles. The van der Waals surface area contributed by atoms with Crippen LogP contribution in [0.4, 0.5) is 11.4 Å². The molecule has 3 aromatic rings. The second-order valence-corrected chi connectivity index (χ2v) is 7.88. The van der Waals surface area contributed by atoms with Gasteiger partial charge < -0.3 is 14.8 Å². The summed E-state index contributed by atoms with van der Waals surface area (Å²) in [7, 11) is 4.19. The molecule has 28 heavy (non-hydrogen) atoms. The van der Waals surface area contributed by atoms with E-state index in [-0.39, 0.29) is 0 Å². The lowest BCUT2D eigenvalue weighted by molar-refractivity contribution is 0.732. The largest absolute Gasteiger partial charge is 0.379 e. The molecule has 3 nitrogen and oxygen atoms in total. The topological polar surface area (TPSA) is 20.2 Å². The Bertz CT molecular complexity index is 996. The number of rotatable bonds is 4. The molecule has 0 fully saturated rings. The molecular weight excluding hydrogens is 342 g/mol. The molecule has 1 aliphatic heterocycles. The van der Waals surface area contributed by atoms with E-state index in [4.69, 9.17) is 0 Å². The molecule has 0 amide bonds. The summed E-state index contributed by atoms with van der Waals surface area (Å²) in [5.74, 6) is 0. The van der Waals surface area contributed by atoms with Crippen LogP contribution in [0.5, 0.6) is 0 Å². The van der Waals surface area contributed by atoms with Gasteiger partial charge in [0.05, 0.1) is 0 Å². The van der Waals surface area contributed by atoms with Crippen LogP contribution in [0.1, 0.15) is 28.9 Å². The fourth-order valence-electron chi connectivity index (χ4n) is 4.08. The molecule has 0 saturated carbocycles. The number of fused-ring (bicyclic) bond motifs is 1. The van der Waals surface area contributed by atoms with E-state index in [1.807, 2.05) is 0 Å². The standard InChI is InChI=1S/C25H29N3/c1-18-16-20(19(2)28(18)23-8-6-5-7-9-23)10-12-22-13-11-21-17-24(27(3)4)14-15-25(21)26-22/h5-10,12,14-17,22,26H,11,13H2,1-4H3/b12-10+. The normalized spacial score (nSPS) is 16.1. The lowest BCUT2D eigenvalue weighted by Gasteiger charge is -2.26. The van der Waals surface area contributed by atoms with Gasteiger partial charge in [-0.1, -0.05) is 30.4 Å². The summed E-state index contributed by atoms with van der Waals surface area (Å²) in [6.45, 7) is 4.38. The number of hydrogen-bond donors (Lipinski definition) is 1. The van der Waals surface area contributed by atoms with Crippen LogP contribution in [0.2, 0.25) is 0 Å². The van der Waals surface area contributed by atoms with Gasteiger partial charge >= 0.3 is 0 Å². The number of hydrogen-bond acceptors (Lipinski definition) is 2. The average Bonchev–Trinajstić information content (AvgIpc) is 2.99. The van der Waals surface area contributed by atoms with E-state index in [0.717, 1.165) is 12.8 Å². The van der Waals surface area contributed by atoms with Gasteiger partial charge in [0.1, 0.15) is 0 Å². The molecule has 2 aromatic carbocycles. The highest BCUT2D eigenvalue weighted by Crippen LogP contribution is 2.29. The lowest BCUT2D eigenvalue weighted by Crippen LogP contribution is -2.23. The van der Waals surface area contributed by atoms with Gasteiger partial charge in [0.2, 0.25) is 0 Å². The van der Waals surface area contributed by atoms with Crippen molar-refractivity contribution in [1.29, 1.82) is 0 Å². The SMILES string of the molecule is Cc1cc(/C=C/C2CCc3cc(N(C)C)ccc3N2)c(C)n1-c1ccccc1. The molecule has 1 unspecified atom stereocenters. The quantitative estimate of drug-likeness (QED) is 0.644. The Balaban J connectivity index is 1.53. The molecule has 0 spiro atoms. The van der Waals surface area contributed by atoms with E-state index in [2.05, 4.69) is 109 Å². The summed E-state index contributed by atoms with van der Waals surface area (Å²) >= 11 is 0. The number of nitrogens with one attached hydrogen (secondary N) is 1. The van der Waals surface area contributed by atoms with Crippen LogP contribution in [0.15, 0.2) is 60.7 Å². The highest BCUT2D eigenvalue weighted by atomic mass is 15.1. The Labute approximate surface area is 168 Å². The summed E-state index contributed by atoms with van der Waals surface area (Å²) < 4.78 is 2.33. The molecule has 1 aliphatic rings. The fourth-order valence-corrected chi connectivity index (χ4v) is 4.08. The van der Waals surface area contributed by atoms with Crippen LogP contribution in [-0.4, -0.2) is 24.7 Å². The predicted molar refractivity (Wildman–Crippen MR) is 121 cm³/mol. The van der Waals surface area contributed by atoms with E-state index in [9.17, 15) is 0 Å². The molecule has 144 valence electrons. The van der Waals surface area contributed by atoms with E-state index in [1.54, 1.807) is 0 Å². The van der Waals surface area contributed by atoms with Gasteiger partial charge in [0.25, 0.3) is 0 Å². The van der Waals surface area contributed by atoms with Crippen LogP contribution in [0.3, 0.4) is 0 Å². The molecule has 0 saturated heterocycles. The molecule has 1 N–H and O–H groups in total. The third-order valence-corrected chi connectivity index (χ3v) is 5.66.